The fraction of sp³-hybridized carbons (Fsp3) is 0.292. The van der Waals surface area contributed by atoms with Crippen LogP contribution in [0.1, 0.15) is 27.9 Å². The highest BCUT2D eigenvalue weighted by molar-refractivity contribution is 6.22. The minimum atomic E-state index is -0.466. The molecule has 2 bridgehead atoms. The van der Waals surface area contributed by atoms with Crippen LogP contribution >= 0.6 is 0 Å². The van der Waals surface area contributed by atoms with Crippen LogP contribution in [0.2, 0.25) is 0 Å². The first kappa shape index (κ1) is 17.9. The van der Waals surface area contributed by atoms with E-state index in [1.165, 1.54) is 4.90 Å². The van der Waals surface area contributed by atoms with Gasteiger partial charge in [-0.15, -0.1) is 0 Å². The van der Waals surface area contributed by atoms with Crippen molar-refractivity contribution in [2.24, 2.45) is 23.7 Å². The zero-order chi connectivity index (χ0) is 20.3. The number of hydrogen-bond donors (Lipinski definition) is 0. The zero-order valence-corrected chi connectivity index (χ0v) is 16.3. The van der Waals surface area contributed by atoms with Crippen molar-refractivity contribution >= 4 is 23.5 Å². The van der Waals surface area contributed by atoms with Gasteiger partial charge in [-0.25, -0.2) is 4.79 Å². The van der Waals surface area contributed by atoms with E-state index < -0.39 is 5.97 Å². The van der Waals surface area contributed by atoms with Crippen molar-refractivity contribution in [2.45, 2.75) is 20.3 Å². The van der Waals surface area contributed by atoms with Crippen molar-refractivity contribution in [1.29, 1.82) is 0 Å². The van der Waals surface area contributed by atoms with Gasteiger partial charge in [0.25, 0.3) is 0 Å². The third kappa shape index (κ3) is 2.64. The van der Waals surface area contributed by atoms with Crippen LogP contribution in [-0.4, -0.2) is 17.8 Å². The van der Waals surface area contributed by atoms with Gasteiger partial charge < -0.3 is 4.74 Å². The Morgan fingerprint density at radius 2 is 1.45 bits per heavy atom. The summed E-state index contributed by atoms with van der Waals surface area (Å²) in [5, 5.41) is 0. The number of fused-ring (bicyclic) bond motifs is 5. The van der Waals surface area contributed by atoms with Crippen LogP contribution in [0.25, 0.3) is 0 Å². The van der Waals surface area contributed by atoms with Crippen LogP contribution < -0.4 is 9.64 Å². The summed E-state index contributed by atoms with van der Waals surface area (Å²) in [5.41, 5.74) is 2.66. The highest BCUT2D eigenvalue weighted by Gasteiger charge is 2.59. The Balaban J connectivity index is 1.36. The van der Waals surface area contributed by atoms with Crippen LogP contribution in [0.4, 0.5) is 5.69 Å². The summed E-state index contributed by atoms with van der Waals surface area (Å²) >= 11 is 0. The molecule has 0 radical (unpaired) electrons. The Kier molecular flexibility index (Phi) is 3.95. The topological polar surface area (TPSA) is 63.7 Å². The molecule has 2 amide bonds. The van der Waals surface area contributed by atoms with Gasteiger partial charge in [0.2, 0.25) is 11.8 Å². The maximum atomic E-state index is 12.9. The molecule has 0 N–H and O–H groups in total. The molecule has 2 aliphatic carbocycles. The number of rotatable bonds is 3. The second-order valence-electron chi connectivity index (χ2n) is 8.17. The molecule has 0 aromatic heterocycles. The molecule has 1 saturated heterocycles. The van der Waals surface area contributed by atoms with Gasteiger partial charge in [-0.05, 0) is 67.5 Å². The lowest BCUT2D eigenvalue weighted by molar-refractivity contribution is -0.123. The van der Waals surface area contributed by atoms with Crippen molar-refractivity contribution in [3.63, 3.8) is 0 Å². The number of imide groups is 1. The predicted molar refractivity (Wildman–Crippen MR) is 108 cm³/mol. The number of para-hydroxylation sites is 1. The number of nitrogens with zero attached hydrogens (tertiary/aromatic N) is 1. The normalized spacial score (nSPS) is 26.9. The van der Waals surface area contributed by atoms with Crippen molar-refractivity contribution in [1.82, 2.24) is 0 Å². The Hall–Kier alpha value is -3.21. The third-order valence-corrected chi connectivity index (χ3v) is 6.44. The highest BCUT2D eigenvalue weighted by Crippen LogP contribution is 2.53. The SMILES string of the molecule is Cc1cccc(C)c1OC(=O)c1ccc(N2C(=O)C3C4C=CC(C4)C3C2=O)cc1. The van der Waals surface area contributed by atoms with Gasteiger partial charge in [-0.1, -0.05) is 30.4 Å². The number of esters is 1. The van der Waals surface area contributed by atoms with Gasteiger partial charge >= 0.3 is 5.97 Å². The first-order chi connectivity index (χ1) is 14.0. The minimum Gasteiger partial charge on any atom is -0.422 e. The summed E-state index contributed by atoms with van der Waals surface area (Å²) in [5.74, 6) is -0.256. The molecule has 3 aliphatic rings. The first-order valence-electron chi connectivity index (χ1n) is 9.90. The molecule has 2 aromatic rings. The van der Waals surface area contributed by atoms with E-state index in [0.717, 1.165) is 17.5 Å². The molecular weight excluding hydrogens is 366 g/mol. The fourth-order valence-electron chi connectivity index (χ4n) is 5.02. The lowest BCUT2D eigenvalue weighted by Gasteiger charge is -2.17. The van der Waals surface area contributed by atoms with E-state index in [9.17, 15) is 14.4 Å². The minimum absolute atomic E-state index is 0.122. The van der Waals surface area contributed by atoms with Crippen LogP contribution in [0.3, 0.4) is 0 Å². The number of aryl methyl sites for hydroxylation is 2. The molecule has 1 aliphatic heterocycles. The van der Waals surface area contributed by atoms with Crippen LogP contribution in [0.5, 0.6) is 5.75 Å². The van der Waals surface area contributed by atoms with Gasteiger partial charge in [0, 0.05) is 0 Å². The summed E-state index contributed by atoms with van der Waals surface area (Å²) < 4.78 is 5.57. The number of amides is 2. The van der Waals surface area contributed by atoms with E-state index in [2.05, 4.69) is 12.2 Å². The molecule has 29 heavy (non-hydrogen) atoms. The van der Waals surface area contributed by atoms with E-state index >= 15 is 0 Å². The quantitative estimate of drug-likeness (QED) is 0.347. The zero-order valence-electron chi connectivity index (χ0n) is 16.3. The number of allylic oxidation sites excluding steroid dienone is 2. The van der Waals surface area contributed by atoms with E-state index in [1.54, 1.807) is 24.3 Å². The molecule has 0 spiro atoms. The van der Waals surface area contributed by atoms with Crippen molar-refractivity contribution in [2.75, 3.05) is 4.90 Å². The Morgan fingerprint density at radius 3 is 2.00 bits per heavy atom. The third-order valence-electron chi connectivity index (χ3n) is 6.44. The van der Waals surface area contributed by atoms with Gasteiger partial charge in [0.05, 0.1) is 23.1 Å². The maximum absolute atomic E-state index is 12.9. The molecule has 5 rings (SSSR count). The number of carbonyl (C=O) groups excluding carboxylic acids is 3. The molecule has 4 unspecified atom stereocenters. The summed E-state index contributed by atoms with van der Waals surface area (Å²) in [6, 6.07) is 12.2. The highest BCUT2D eigenvalue weighted by atomic mass is 16.5. The number of benzene rings is 2. The van der Waals surface area contributed by atoms with Gasteiger partial charge in [-0.2, -0.15) is 0 Å². The fourth-order valence-corrected chi connectivity index (χ4v) is 5.02. The van der Waals surface area contributed by atoms with Crippen LogP contribution in [-0.2, 0) is 9.59 Å². The van der Waals surface area contributed by atoms with E-state index in [1.807, 2.05) is 32.0 Å². The number of carbonyl (C=O) groups is 3. The standard InChI is InChI=1S/C24H21NO4/c1-13-4-3-5-14(2)21(13)29-24(28)15-8-10-18(11-9-15)25-22(26)19-16-6-7-17(12-16)20(19)23(25)27/h3-11,16-17,19-20H,12H2,1-2H3. The Labute approximate surface area is 169 Å². The molecular formula is C24H21NO4. The Morgan fingerprint density at radius 1 is 0.897 bits per heavy atom. The smallest absolute Gasteiger partial charge is 0.343 e. The Bertz CT molecular complexity index is 1020. The van der Waals surface area contributed by atoms with Crippen molar-refractivity contribution in [3.8, 4) is 5.75 Å². The average Bonchev–Trinajstić information content (AvgIpc) is 3.39. The second-order valence-corrected chi connectivity index (χ2v) is 8.17. The van der Waals surface area contributed by atoms with Gasteiger partial charge in [0.1, 0.15) is 5.75 Å². The predicted octanol–water partition coefficient (Wildman–Crippen LogP) is 3.83. The lowest BCUT2D eigenvalue weighted by Crippen LogP contribution is -2.32. The first-order valence-corrected chi connectivity index (χ1v) is 9.90. The maximum Gasteiger partial charge on any atom is 0.343 e. The second kappa shape index (κ2) is 6.41. The molecule has 1 saturated carbocycles. The van der Waals surface area contributed by atoms with Gasteiger partial charge in [0.15, 0.2) is 0 Å². The van der Waals surface area contributed by atoms with E-state index in [-0.39, 0.29) is 35.5 Å². The number of anilines is 1. The molecule has 5 heteroatoms. The monoisotopic (exact) mass is 387 g/mol. The van der Waals surface area contributed by atoms with Crippen molar-refractivity contribution in [3.05, 3.63) is 71.3 Å². The van der Waals surface area contributed by atoms with E-state index in [0.29, 0.717) is 17.0 Å². The summed E-state index contributed by atoms with van der Waals surface area (Å²) in [6.45, 7) is 3.78. The number of ether oxygens (including phenoxy) is 1. The summed E-state index contributed by atoms with van der Waals surface area (Å²) in [6.07, 6.45) is 5.06. The summed E-state index contributed by atoms with van der Waals surface area (Å²) in [4.78, 5) is 39.7. The molecule has 1 heterocycles. The van der Waals surface area contributed by atoms with Crippen LogP contribution in [0, 0.1) is 37.5 Å². The number of hydrogen-bond acceptors (Lipinski definition) is 4. The van der Waals surface area contributed by atoms with Crippen molar-refractivity contribution < 1.29 is 19.1 Å². The van der Waals surface area contributed by atoms with E-state index in [4.69, 9.17) is 4.74 Å². The molecule has 2 aromatic carbocycles. The average molecular weight is 387 g/mol. The largest absolute Gasteiger partial charge is 0.422 e. The molecule has 4 atom stereocenters. The van der Waals surface area contributed by atoms with Crippen LogP contribution in [0.15, 0.2) is 54.6 Å². The summed E-state index contributed by atoms with van der Waals surface area (Å²) in [7, 11) is 0. The molecule has 2 fully saturated rings. The lowest BCUT2D eigenvalue weighted by atomic mass is 9.85. The van der Waals surface area contributed by atoms with Gasteiger partial charge in [-0.3, -0.25) is 14.5 Å². The molecule has 146 valence electrons. The molecule has 5 nitrogen and oxygen atoms in total.